The van der Waals surface area contributed by atoms with E-state index >= 15 is 0 Å². The van der Waals surface area contributed by atoms with Crippen molar-refractivity contribution in [3.63, 3.8) is 0 Å². The number of nitrogens with zero attached hydrogens (tertiary/aromatic N) is 2. The number of rotatable bonds is 6. The van der Waals surface area contributed by atoms with Crippen LogP contribution in [0.25, 0.3) is 0 Å². The molecule has 3 aromatic rings. The molecule has 0 spiro atoms. The first kappa shape index (κ1) is 19.5. The largest absolute Gasteiger partial charge is 0.486 e. The number of halogens is 1. The number of carbonyl (C=O) groups excluding carboxylic acids is 1. The lowest BCUT2D eigenvalue weighted by Gasteiger charge is -2.29. The van der Waals surface area contributed by atoms with Gasteiger partial charge in [0.05, 0.1) is 6.54 Å². The quantitative estimate of drug-likeness (QED) is 0.584. The molecule has 2 heterocycles. The van der Waals surface area contributed by atoms with Gasteiger partial charge >= 0.3 is 0 Å². The lowest BCUT2D eigenvalue weighted by molar-refractivity contribution is 0.0517. The van der Waals surface area contributed by atoms with Crippen molar-refractivity contribution in [2.75, 3.05) is 20.2 Å². The van der Waals surface area contributed by atoms with E-state index in [9.17, 15) is 4.79 Å². The Morgan fingerprint density at radius 1 is 1.24 bits per heavy atom. The minimum atomic E-state index is -0.231. The Labute approximate surface area is 177 Å². The van der Waals surface area contributed by atoms with Crippen LogP contribution in [0.3, 0.4) is 0 Å². The van der Waals surface area contributed by atoms with E-state index in [2.05, 4.69) is 4.98 Å². The number of carbonyl (C=O) groups is 1. The summed E-state index contributed by atoms with van der Waals surface area (Å²) in [7, 11) is 1.73. The molecule has 8 heteroatoms. The molecule has 1 aliphatic rings. The second-order valence-electron chi connectivity index (χ2n) is 6.55. The third kappa shape index (κ3) is 4.81. The molecule has 6 nitrogen and oxygen atoms in total. The van der Waals surface area contributed by atoms with E-state index in [1.807, 2.05) is 24.3 Å². The van der Waals surface area contributed by atoms with E-state index in [0.29, 0.717) is 42.0 Å². The summed E-state index contributed by atoms with van der Waals surface area (Å²) in [6.45, 7) is 1.09. The summed E-state index contributed by atoms with van der Waals surface area (Å²) in [6, 6.07) is 14.6. The number of thiazole rings is 1. The number of ether oxygens (including phenoxy) is 3. The Bertz CT molecular complexity index is 992. The van der Waals surface area contributed by atoms with E-state index in [1.54, 1.807) is 41.6 Å². The van der Waals surface area contributed by atoms with Gasteiger partial charge in [0, 0.05) is 17.5 Å². The van der Waals surface area contributed by atoms with Gasteiger partial charge in [0.15, 0.2) is 17.6 Å². The topological polar surface area (TPSA) is 60.9 Å². The second-order valence-corrected chi connectivity index (χ2v) is 7.93. The summed E-state index contributed by atoms with van der Waals surface area (Å²) in [4.78, 5) is 18.7. The van der Waals surface area contributed by atoms with Crippen LogP contribution in [0.4, 0.5) is 0 Å². The summed E-state index contributed by atoms with van der Waals surface area (Å²) >= 11 is 7.26. The molecular formula is C21H19ClN2O4S. The SMILES string of the molecule is CN(CC1COc2ccccc2O1)C(=O)c1csc(COc2ccc(Cl)cc2)n1. The summed E-state index contributed by atoms with van der Waals surface area (Å²) < 4.78 is 17.3. The third-order valence-corrected chi connectivity index (χ3v) is 5.41. The van der Waals surface area contributed by atoms with Crippen LogP contribution in [-0.2, 0) is 6.61 Å². The lowest BCUT2D eigenvalue weighted by atomic mass is 10.2. The Balaban J connectivity index is 1.32. The van der Waals surface area contributed by atoms with Crippen molar-refractivity contribution in [2.45, 2.75) is 12.7 Å². The van der Waals surface area contributed by atoms with Crippen molar-refractivity contribution < 1.29 is 19.0 Å². The van der Waals surface area contributed by atoms with Crippen LogP contribution in [0.15, 0.2) is 53.9 Å². The molecule has 1 amide bonds. The minimum absolute atomic E-state index is 0.165. The van der Waals surface area contributed by atoms with Crippen molar-refractivity contribution in [2.24, 2.45) is 0 Å². The van der Waals surface area contributed by atoms with Crippen molar-refractivity contribution in [3.05, 3.63) is 69.6 Å². The van der Waals surface area contributed by atoms with Gasteiger partial charge in [-0.25, -0.2) is 4.98 Å². The standard InChI is InChI=1S/C21H19ClN2O4S/c1-24(10-16-11-27-18-4-2-3-5-19(18)28-16)21(25)17-13-29-20(23-17)12-26-15-8-6-14(22)7-9-15/h2-9,13,16H,10-12H2,1H3. The van der Waals surface area contributed by atoms with Crippen LogP contribution < -0.4 is 14.2 Å². The zero-order valence-corrected chi connectivity index (χ0v) is 17.3. The fourth-order valence-electron chi connectivity index (χ4n) is 2.89. The maximum atomic E-state index is 12.7. The van der Waals surface area contributed by atoms with Crippen LogP contribution in [0, 0.1) is 0 Å². The van der Waals surface area contributed by atoms with Crippen LogP contribution in [-0.4, -0.2) is 42.1 Å². The molecule has 0 radical (unpaired) electrons. The molecule has 1 aromatic heterocycles. The van der Waals surface area contributed by atoms with Gasteiger partial charge < -0.3 is 19.1 Å². The van der Waals surface area contributed by atoms with Crippen molar-refractivity contribution in [3.8, 4) is 17.2 Å². The number of benzene rings is 2. The van der Waals surface area contributed by atoms with Gasteiger partial charge in [0.2, 0.25) is 0 Å². The van der Waals surface area contributed by atoms with E-state index in [0.717, 1.165) is 10.8 Å². The van der Waals surface area contributed by atoms with Crippen molar-refractivity contribution in [1.29, 1.82) is 0 Å². The Kier molecular flexibility index (Phi) is 5.87. The number of likely N-dealkylation sites (N-methyl/N-ethyl adjacent to an activating group) is 1. The third-order valence-electron chi connectivity index (χ3n) is 4.34. The predicted molar refractivity (Wildman–Crippen MR) is 111 cm³/mol. The van der Waals surface area contributed by atoms with Crippen LogP contribution in [0.1, 0.15) is 15.5 Å². The second kappa shape index (κ2) is 8.71. The molecule has 0 N–H and O–H groups in total. The van der Waals surface area contributed by atoms with Gasteiger partial charge in [-0.1, -0.05) is 23.7 Å². The number of hydrogen-bond acceptors (Lipinski definition) is 6. The summed E-state index contributed by atoms with van der Waals surface area (Å²) in [5.41, 5.74) is 0.393. The first-order valence-corrected chi connectivity index (χ1v) is 10.3. The van der Waals surface area contributed by atoms with Gasteiger partial charge in [-0.15, -0.1) is 11.3 Å². The van der Waals surface area contributed by atoms with Crippen molar-refractivity contribution >= 4 is 28.8 Å². The number of hydrogen-bond donors (Lipinski definition) is 0. The fraction of sp³-hybridized carbons (Fsp3) is 0.238. The zero-order valence-electron chi connectivity index (χ0n) is 15.7. The summed E-state index contributed by atoms with van der Waals surface area (Å²) in [6.07, 6.45) is -0.231. The molecule has 0 bridgehead atoms. The Morgan fingerprint density at radius 2 is 2.00 bits per heavy atom. The number of fused-ring (bicyclic) bond motifs is 1. The van der Waals surface area contributed by atoms with Crippen molar-refractivity contribution in [1.82, 2.24) is 9.88 Å². The average molecular weight is 431 g/mol. The number of para-hydroxylation sites is 2. The van der Waals surface area contributed by atoms with Gasteiger partial charge in [0.25, 0.3) is 5.91 Å². The number of amides is 1. The van der Waals surface area contributed by atoms with Gasteiger partial charge in [-0.2, -0.15) is 0 Å². The normalized spacial score (nSPS) is 15.0. The number of aromatic nitrogens is 1. The van der Waals surface area contributed by atoms with Gasteiger partial charge in [0.1, 0.15) is 29.7 Å². The zero-order chi connectivity index (χ0) is 20.2. The molecule has 1 unspecified atom stereocenters. The Morgan fingerprint density at radius 3 is 2.79 bits per heavy atom. The average Bonchev–Trinajstić information content (AvgIpc) is 3.21. The van der Waals surface area contributed by atoms with Crippen LogP contribution in [0.5, 0.6) is 17.2 Å². The smallest absolute Gasteiger partial charge is 0.273 e. The van der Waals surface area contributed by atoms with Crippen LogP contribution >= 0.6 is 22.9 Å². The highest BCUT2D eigenvalue weighted by Crippen LogP contribution is 2.31. The Hall–Kier alpha value is -2.77. The van der Waals surface area contributed by atoms with E-state index < -0.39 is 0 Å². The lowest BCUT2D eigenvalue weighted by Crippen LogP contribution is -2.41. The monoisotopic (exact) mass is 430 g/mol. The molecule has 2 aromatic carbocycles. The predicted octanol–water partition coefficient (Wildman–Crippen LogP) is 4.29. The first-order valence-electron chi connectivity index (χ1n) is 9.05. The molecule has 29 heavy (non-hydrogen) atoms. The maximum Gasteiger partial charge on any atom is 0.273 e. The summed E-state index contributed by atoms with van der Waals surface area (Å²) in [5, 5.41) is 3.12. The van der Waals surface area contributed by atoms with E-state index in [4.69, 9.17) is 25.8 Å². The molecule has 1 aliphatic heterocycles. The van der Waals surface area contributed by atoms with Gasteiger partial charge in [-0.05, 0) is 36.4 Å². The molecule has 4 rings (SSSR count). The molecular weight excluding hydrogens is 412 g/mol. The highest BCUT2D eigenvalue weighted by Gasteiger charge is 2.25. The molecule has 150 valence electrons. The molecule has 0 saturated heterocycles. The molecule has 0 fully saturated rings. The van der Waals surface area contributed by atoms with Gasteiger partial charge in [-0.3, -0.25) is 4.79 Å². The molecule has 0 aliphatic carbocycles. The minimum Gasteiger partial charge on any atom is -0.486 e. The first-order chi connectivity index (χ1) is 14.1. The highest BCUT2D eigenvalue weighted by atomic mass is 35.5. The molecule has 1 atom stereocenters. The van der Waals surface area contributed by atoms with Crippen LogP contribution in [0.2, 0.25) is 5.02 Å². The molecule has 0 saturated carbocycles. The van der Waals surface area contributed by atoms with E-state index in [1.165, 1.54) is 11.3 Å². The highest BCUT2D eigenvalue weighted by molar-refractivity contribution is 7.09. The van der Waals surface area contributed by atoms with E-state index in [-0.39, 0.29) is 12.0 Å². The fourth-order valence-corrected chi connectivity index (χ4v) is 3.69. The summed E-state index contributed by atoms with van der Waals surface area (Å²) in [5.74, 6) is 1.95. The maximum absolute atomic E-state index is 12.7.